The topological polar surface area (TPSA) is 24.7 Å². The maximum absolute atomic E-state index is 4.37. The Morgan fingerprint density at radius 2 is 0.812 bits per heavy atom. The van der Waals surface area contributed by atoms with Crippen molar-refractivity contribution in [1.82, 2.24) is 0 Å². The number of unbranched alkanes of at least 4 members (excludes halogenated alkanes) is 2. The fraction of sp³-hybridized carbons (Fsp3) is 0.533. The van der Waals surface area contributed by atoms with E-state index < -0.39 is 0 Å². The van der Waals surface area contributed by atoms with Gasteiger partial charge in [-0.15, -0.1) is 0 Å². The standard InChI is InChI=1S/2C9H9N.2C4H10.2C2H6/c2*1-7-6-8-4-2-3-5-9(8)10-7;2*1-3-4-2;2*1-2/h2*2-5H,6H2,1H3;2*3-4H2,1-2H3;2*1-2H3. The van der Waals surface area contributed by atoms with E-state index in [2.05, 4.69) is 87.9 Å². The van der Waals surface area contributed by atoms with E-state index in [9.17, 15) is 0 Å². The van der Waals surface area contributed by atoms with Gasteiger partial charge in [0.25, 0.3) is 0 Å². The molecule has 180 valence electrons. The second kappa shape index (κ2) is 22.0. The Kier molecular flexibility index (Phi) is 22.0. The molecule has 0 amide bonds. The molecule has 32 heavy (non-hydrogen) atoms. The van der Waals surface area contributed by atoms with Crippen molar-refractivity contribution < 1.29 is 0 Å². The lowest BCUT2D eigenvalue weighted by molar-refractivity contribution is 0.886. The summed E-state index contributed by atoms with van der Waals surface area (Å²) >= 11 is 0. The van der Waals surface area contributed by atoms with Crippen molar-refractivity contribution in [2.45, 2.75) is 108 Å². The molecule has 2 heterocycles. The Hall–Kier alpha value is -2.22. The molecule has 0 saturated carbocycles. The van der Waals surface area contributed by atoms with E-state index in [1.807, 2.05) is 39.8 Å². The predicted octanol–water partition coefficient (Wildman–Crippen LogP) is 10.3. The lowest BCUT2D eigenvalue weighted by Gasteiger charge is -1.91. The highest BCUT2D eigenvalue weighted by Gasteiger charge is 2.09. The van der Waals surface area contributed by atoms with Crippen molar-refractivity contribution in [2.24, 2.45) is 9.98 Å². The van der Waals surface area contributed by atoms with Crippen LogP contribution in [0.5, 0.6) is 0 Å². The molecule has 2 nitrogen and oxygen atoms in total. The van der Waals surface area contributed by atoms with Gasteiger partial charge in [0, 0.05) is 24.3 Å². The first-order valence-corrected chi connectivity index (χ1v) is 12.8. The second-order valence-electron chi connectivity index (χ2n) is 7.31. The fourth-order valence-corrected chi connectivity index (χ4v) is 2.58. The zero-order valence-corrected chi connectivity index (χ0v) is 22.8. The van der Waals surface area contributed by atoms with E-state index in [-0.39, 0.29) is 0 Å². The number of rotatable bonds is 2. The van der Waals surface area contributed by atoms with Gasteiger partial charge in [0.15, 0.2) is 0 Å². The Morgan fingerprint density at radius 1 is 0.531 bits per heavy atom. The molecule has 0 bridgehead atoms. The molecule has 2 aliphatic rings. The number of aliphatic imine (C=N–C) groups is 2. The lowest BCUT2D eigenvalue weighted by Crippen LogP contribution is -1.87. The number of para-hydroxylation sites is 2. The molecule has 2 aromatic carbocycles. The van der Waals surface area contributed by atoms with E-state index in [0.29, 0.717) is 0 Å². The van der Waals surface area contributed by atoms with Crippen LogP contribution in [-0.4, -0.2) is 11.4 Å². The molecule has 2 heteroatoms. The van der Waals surface area contributed by atoms with E-state index in [0.717, 1.165) is 24.2 Å². The molecule has 4 rings (SSSR count). The van der Waals surface area contributed by atoms with E-state index in [1.54, 1.807) is 0 Å². The van der Waals surface area contributed by atoms with Gasteiger partial charge in [-0.25, -0.2) is 0 Å². The fourth-order valence-electron chi connectivity index (χ4n) is 2.58. The first-order chi connectivity index (χ1) is 15.5. The normalized spacial score (nSPS) is 11.4. The first kappa shape index (κ1) is 32.0. The SMILES string of the molecule is CC.CC.CC1=Nc2ccccc2C1.CC1=Nc2ccccc2C1.CCCC.CCCC. The zero-order chi connectivity index (χ0) is 24.8. The highest BCUT2D eigenvalue weighted by molar-refractivity contribution is 5.92. The number of benzene rings is 2. The molecule has 2 aromatic rings. The zero-order valence-electron chi connectivity index (χ0n) is 22.8. The lowest BCUT2D eigenvalue weighted by atomic mass is 10.1. The summed E-state index contributed by atoms with van der Waals surface area (Å²) in [6, 6.07) is 16.6. The number of nitrogens with zero attached hydrogens (tertiary/aromatic N) is 2. The highest BCUT2D eigenvalue weighted by Crippen LogP contribution is 2.26. The van der Waals surface area contributed by atoms with Crippen molar-refractivity contribution in [2.75, 3.05) is 0 Å². The molecule has 0 fully saturated rings. The monoisotopic (exact) mass is 438 g/mol. The molecule has 0 saturated heterocycles. The Morgan fingerprint density at radius 3 is 1.06 bits per heavy atom. The third kappa shape index (κ3) is 14.0. The number of hydrogen-bond donors (Lipinski definition) is 0. The van der Waals surface area contributed by atoms with Crippen LogP contribution in [0.15, 0.2) is 58.5 Å². The van der Waals surface area contributed by atoms with Crippen LogP contribution in [0.25, 0.3) is 0 Å². The average molecular weight is 439 g/mol. The molecule has 0 N–H and O–H groups in total. The molecule has 0 aromatic heterocycles. The maximum Gasteiger partial charge on any atom is 0.0664 e. The summed E-state index contributed by atoms with van der Waals surface area (Å²) in [7, 11) is 0. The Labute approximate surface area is 200 Å². The quantitative estimate of drug-likeness (QED) is 0.445. The summed E-state index contributed by atoms with van der Waals surface area (Å²) < 4.78 is 0. The van der Waals surface area contributed by atoms with Gasteiger partial charge < -0.3 is 0 Å². The smallest absolute Gasteiger partial charge is 0.0664 e. The minimum Gasteiger partial charge on any atom is -0.257 e. The first-order valence-electron chi connectivity index (χ1n) is 12.8. The Bertz CT molecular complexity index is 687. The van der Waals surface area contributed by atoms with Crippen LogP contribution in [0.4, 0.5) is 11.4 Å². The van der Waals surface area contributed by atoms with Crippen molar-refractivity contribution in [3.8, 4) is 0 Å². The summed E-state index contributed by atoms with van der Waals surface area (Å²) in [5.41, 5.74) is 7.47. The van der Waals surface area contributed by atoms with Crippen LogP contribution in [-0.2, 0) is 12.8 Å². The average Bonchev–Trinajstić information content (AvgIpc) is 3.42. The third-order valence-corrected chi connectivity index (χ3v) is 4.50. The molecule has 2 aliphatic heterocycles. The van der Waals surface area contributed by atoms with E-state index in [4.69, 9.17) is 0 Å². The van der Waals surface area contributed by atoms with Crippen molar-refractivity contribution in [3.63, 3.8) is 0 Å². The van der Waals surface area contributed by atoms with Crippen LogP contribution in [0.2, 0.25) is 0 Å². The largest absolute Gasteiger partial charge is 0.257 e. The van der Waals surface area contributed by atoms with Crippen LogP contribution >= 0.6 is 0 Å². The van der Waals surface area contributed by atoms with E-state index in [1.165, 1.54) is 48.2 Å². The molecule has 0 radical (unpaired) electrons. The minimum absolute atomic E-state index is 1.04. The second-order valence-corrected chi connectivity index (χ2v) is 7.31. The van der Waals surface area contributed by atoms with Gasteiger partial charge in [-0.1, -0.05) is 117 Å². The summed E-state index contributed by atoms with van der Waals surface area (Å²) in [4.78, 5) is 8.74. The van der Waals surface area contributed by atoms with Gasteiger partial charge in [0.05, 0.1) is 11.4 Å². The molecule has 0 aliphatic carbocycles. The summed E-state index contributed by atoms with van der Waals surface area (Å²) in [5, 5.41) is 0. The molecular weight excluding hydrogens is 388 g/mol. The van der Waals surface area contributed by atoms with Crippen LogP contribution in [0.3, 0.4) is 0 Å². The predicted molar refractivity (Wildman–Crippen MR) is 150 cm³/mol. The van der Waals surface area contributed by atoms with Crippen molar-refractivity contribution in [3.05, 3.63) is 59.7 Å². The van der Waals surface area contributed by atoms with Crippen LogP contribution < -0.4 is 0 Å². The molecule has 0 spiro atoms. The molecule has 0 atom stereocenters. The van der Waals surface area contributed by atoms with Gasteiger partial charge in [-0.2, -0.15) is 0 Å². The van der Waals surface area contributed by atoms with Gasteiger partial charge >= 0.3 is 0 Å². The maximum atomic E-state index is 4.37. The summed E-state index contributed by atoms with van der Waals surface area (Å²) in [6.07, 6.45) is 7.35. The van der Waals surface area contributed by atoms with Crippen molar-refractivity contribution >= 4 is 22.8 Å². The van der Waals surface area contributed by atoms with Gasteiger partial charge in [-0.3, -0.25) is 9.98 Å². The van der Waals surface area contributed by atoms with Crippen molar-refractivity contribution in [1.29, 1.82) is 0 Å². The van der Waals surface area contributed by atoms with Crippen LogP contribution in [0.1, 0.15) is 106 Å². The minimum atomic E-state index is 1.04. The van der Waals surface area contributed by atoms with Gasteiger partial charge in [-0.05, 0) is 37.1 Å². The molecule has 0 unspecified atom stereocenters. The number of fused-ring (bicyclic) bond motifs is 2. The third-order valence-electron chi connectivity index (χ3n) is 4.50. The summed E-state index contributed by atoms with van der Waals surface area (Å²) in [6.45, 7) is 20.9. The van der Waals surface area contributed by atoms with Crippen LogP contribution in [0, 0.1) is 0 Å². The van der Waals surface area contributed by atoms with Gasteiger partial charge in [0.2, 0.25) is 0 Å². The number of hydrogen-bond acceptors (Lipinski definition) is 2. The van der Waals surface area contributed by atoms with Gasteiger partial charge in [0.1, 0.15) is 0 Å². The highest BCUT2D eigenvalue weighted by atomic mass is 14.8. The van der Waals surface area contributed by atoms with E-state index >= 15 is 0 Å². The summed E-state index contributed by atoms with van der Waals surface area (Å²) in [5.74, 6) is 0. The Balaban J connectivity index is 0. The molecular formula is C30H50N2.